The first-order valence-corrected chi connectivity index (χ1v) is 9.00. The lowest BCUT2D eigenvalue weighted by molar-refractivity contribution is -0.929. The third kappa shape index (κ3) is 3.13. The molecule has 4 heteroatoms. The van der Waals surface area contributed by atoms with Crippen LogP contribution in [0.15, 0.2) is 12.2 Å². The van der Waals surface area contributed by atoms with E-state index in [2.05, 4.69) is 26.2 Å². The number of quaternary nitrogens is 2. The Morgan fingerprint density at radius 2 is 1.45 bits per heavy atom. The second kappa shape index (κ2) is 6.34. The summed E-state index contributed by atoms with van der Waals surface area (Å²) in [6, 6.07) is 0. The molecule has 2 heterocycles. The number of hydrogen-bond donors (Lipinski definition) is 0. The molecular weight excluding hydrogens is 387 g/mol. The van der Waals surface area contributed by atoms with Crippen molar-refractivity contribution in [2.24, 2.45) is 23.7 Å². The third-order valence-electron chi connectivity index (χ3n) is 7.05. The Balaban J connectivity index is 0.00000144. The van der Waals surface area contributed by atoms with E-state index in [-0.39, 0.29) is 24.0 Å². The molecule has 0 aromatic carbocycles. The molecule has 0 aromatic rings. The zero-order valence-corrected chi connectivity index (χ0v) is 16.4. The summed E-state index contributed by atoms with van der Waals surface area (Å²) in [6.07, 6.45) is 7.92. The Labute approximate surface area is 152 Å². The molecule has 4 rings (SSSR count). The smallest absolute Gasteiger partial charge is 0.102 e. The molecule has 0 N–H and O–H groups in total. The monoisotopic (exact) mass is 419 g/mol. The van der Waals surface area contributed by atoms with Gasteiger partial charge in [0.25, 0.3) is 0 Å². The van der Waals surface area contributed by atoms with Gasteiger partial charge in [0.05, 0.1) is 53.5 Å². The minimum atomic E-state index is 0. The van der Waals surface area contributed by atoms with Gasteiger partial charge >= 0.3 is 0 Å². The Kier molecular flexibility index (Phi) is 4.95. The Morgan fingerprint density at radius 3 is 2.05 bits per heavy atom. The average Bonchev–Trinajstić information content (AvgIpc) is 3.10. The van der Waals surface area contributed by atoms with Crippen LogP contribution in [0.25, 0.3) is 0 Å². The van der Waals surface area contributed by atoms with Crippen molar-refractivity contribution in [3.05, 3.63) is 12.2 Å². The van der Waals surface area contributed by atoms with Crippen LogP contribution in [0.1, 0.15) is 12.8 Å². The van der Waals surface area contributed by atoms with E-state index in [1.54, 1.807) is 0 Å². The van der Waals surface area contributed by atoms with E-state index in [4.69, 9.17) is 4.74 Å². The molecule has 0 aromatic heterocycles. The largest absolute Gasteiger partial charge is 1.00 e. The lowest BCUT2D eigenvalue weighted by atomic mass is 9.86. The fourth-order valence-corrected chi connectivity index (χ4v) is 5.68. The maximum absolute atomic E-state index is 5.52. The summed E-state index contributed by atoms with van der Waals surface area (Å²) < 4.78 is 8.10. The highest BCUT2D eigenvalue weighted by molar-refractivity contribution is 5.14. The fraction of sp³-hybridized carbons (Fsp3) is 0.889. The highest BCUT2D eigenvalue weighted by Crippen LogP contribution is 2.52. The molecular formula is C18H32IN2O+. The SMILES string of the molecule is C[N+]1(CCC[N+]2(C)C[C@@H]3[C@H](C2)[C@@H]2C=C[C@H]3C2)CCOCC1.[I-]. The molecule has 2 saturated heterocycles. The maximum atomic E-state index is 5.52. The molecule has 5 atom stereocenters. The average molecular weight is 419 g/mol. The number of hydrogen-bond acceptors (Lipinski definition) is 1. The van der Waals surface area contributed by atoms with Crippen molar-refractivity contribution in [2.45, 2.75) is 12.8 Å². The summed E-state index contributed by atoms with van der Waals surface area (Å²) in [6.45, 7) is 9.97. The summed E-state index contributed by atoms with van der Waals surface area (Å²) in [4.78, 5) is 0. The summed E-state index contributed by atoms with van der Waals surface area (Å²) in [5.41, 5.74) is 0. The van der Waals surface area contributed by atoms with E-state index in [1.807, 2.05) is 0 Å². The van der Waals surface area contributed by atoms with Gasteiger partial charge < -0.3 is 37.7 Å². The number of morpholine rings is 1. The summed E-state index contributed by atoms with van der Waals surface area (Å²) in [5, 5.41) is 0. The minimum Gasteiger partial charge on any atom is -1.00 e. The molecule has 0 spiro atoms. The lowest BCUT2D eigenvalue weighted by Gasteiger charge is -2.39. The molecule has 0 amide bonds. The quantitative estimate of drug-likeness (QED) is 0.315. The second-order valence-corrected chi connectivity index (χ2v) is 8.74. The molecule has 4 aliphatic rings. The number of halogens is 1. The summed E-state index contributed by atoms with van der Waals surface area (Å²) in [5.74, 6) is 3.89. The Hall–Kier alpha value is 0.350. The number of likely N-dealkylation sites (N-methyl/N-ethyl adjacent to an activating group) is 1. The molecule has 22 heavy (non-hydrogen) atoms. The van der Waals surface area contributed by atoms with Gasteiger partial charge in [-0.25, -0.2) is 0 Å². The zero-order chi connectivity index (χ0) is 14.5. The number of allylic oxidation sites excluding steroid dienone is 2. The van der Waals surface area contributed by atoms with Crippen LogP contribution in [0.3, 0.4) is 0 Å². The van der Waals surface area contributed by atoms with Crippen molar-refractivity contribution in [2.75, 3.05) is 66.6 Å². The lowest BCUT2D eigenvalue weighted by Crippen LogP contribution is -3.00. The molecule has 2 aliphatic heterocycles. The van der Waals surface area contributed by atoms with Gasteiger partial charge in [-0.05, 0) is 18.3 Å². The topological polar surface area (TPSA) is 9.23 Å². The van der Waals surface area contributed by atoms with E-state index in [1.165, 1.54) is 61.1 Å². The Bertz CT molecular complexity index is 413. The second-order valence-electron chi connectivity index (χ2n) is 8.74. The highest BCUT2D eigenvalue weighted by atomic mass is 127. The third-order valence-corrected chi connectivity index (χ3v) is 7.05. The number of rotatable bonds is 4. The summed E-state index contributed by atoms with van der Waals surface area (Å²) in [7, 11) is 4.95. The van der Waals surface area contributed by atoms with Gasteiger partial charge in [-0.15, -0.1) is 0 Å². The zero-order valence-electron chi connectivity index (χ0n) is 14.2. The van der Waals surface area contributed by atoms with E-state index in [0.717, 1.165) is 36.9 Å². The van der Waals surface area contributed by atoms with E-state index in [0.29, 0.717) is 0 Å². The van der Waals surface area contributed by atoms with E-state index >= 15 is 0 Å². The first-order chi connectivity index (χ1) is 10.1. The van der Waals surface area contributed by atoms with Gasteiger partial charge in [0.1, 0.15) is 13.1 Å². The highest BCUT2D eigenvalue weighted by Gasteiger charge is 2.54. The first-order valence-electron chi connectivity index (χ1n) is 9.00. The predicted molar refractivity (Wildman–Crippen MR) is 84.7 cm³/mol. The molecule has 0 radical (unpaired) electrons. The fourth-order valence-electron chi connectivity index (χ4n) is 5.68. The number of nitrogens with zero attached hydrogens (tertiary/aromatic N) is 2. The number of ether oxygens (including phenoxy) is 1. The van der Waals surface area contributed by atoms with Gasteiger partial charge in [-0.3, -0.25) is 0 Å². The van der Waals surface area contributed by atoms with Crippen molar-refractivity contribution in [1.82, 2.24) is 0 Å². The Morgan fingerprint density at radius 1 is 0.909 bits per heavy atom. The minimum absolute atomic E-state index is 0. The number of likely N-dealkylation sites (tertiary alicyclic amines) is 1. The molecule has 3 fully saturated rings. The van der Waals surface area contributed by atoms with Crippen LogP contribution in [-0.4, -0.2) is 75.5 Å². The summed E-state index contributed by atoms with van der Waals surface area (Å²) >= 11 is 0. The molecule has 1 unspecified atom stereocenters. The van der Waals surface area contributed by atoms with Crippen LogP contribution in [0.4, 0.5) is 0 Å². The van der Waals surface area contributed by atoms with Crippen molar-refractivity contribution in [3.63, 3.8) is 0 Å². The van der Waals surface area contributed by atoms with Crippen LogP contribution in [0, 0.1) is 23.7 Å². The van der Waals surface area contributed by atoms with Gasteiger partial charge in [-0.1, -0.05) is 12.2 Å². The first kappa shape index (κ1) is 17.2. The normalized spacial score (nSPS) is 44.8. The van der Waals surface area contributed by atoms with E-state index < -0.39 is 0 Å². The van der Waals surface area contributed by atoms with Gasteiger partial charge in [0.2, 0.25) is 0 Å². The standard InChI is InChI=1S/C18H32N2O.HI/c1-19(8-10-21-11-9-19)6-3-7-20(2)13-17-15-4-5-16(12-15)18(17)14-20;/h4-5,15-18H,3,6-14H2,1-2H3;1H/q+2;/p-1/t15-,16+,17-,18+,20?;. The van der Waals surface area contributed by atoms with Crippen LogP contribution < -0.4 is 24.0 Å². The van der Waals surface area contributed by atoms with Crippen LogP contribution in [0.5, 0.6) is 0 Å². The van der Waals surface area contributed by atoms with Crippen molar-refractivity contribution < 1.29 is 37.7 Å². The van der Waals surface area contributed by atoms with Crippen molar-refractivity contribution >= 4 is 0 Å². The van der Waals surface area contributed by atoms with Gasteiger partial charge in [0.15, 0.2) is 0 Å². The maximum Gasteiger partial charge on any atom is 0.102 e. The molecule has 1 saturated carbocycles. The number of fused-ring (bicyclic) bond motifs is 5. The van der Waals surface area contributed by atoms with Crippen LogP contribution >= 0.6 is 0 Å². The van der Waals surface area contributed by atoms with Gasteiger partial charge in [0, 0.05) is 18.3 Å². The van der Waals surface area contributed by atoms with Crippen molar-refractivity contribution in [3.8, 4) is 0 Å². The van der Waals surface area contributed by atoms with Crippen LogP contribution in [-0.2, 0) is 4.74 Å². The van der Waals surface area contributed by atoms with Crippen molar-refractivity contribution in [1.29, 1.82) is 0 Å². The molecule has 126 valence electrons. The van der Waals surface area contributed by atoms with E-state index in [9.17, 15) is 0 Å². The van der Waals surface area contributed by atoms with Crippen LogP contribution in [0.2, 0.25) is 0 Å². The molecule has 2 bridgehead atoms. The molecule has 3 nitrogen and oxygen atoms in total. The predicted octanol–water partition coefficient (Wildman–Crippen LogP) is -1.24. The van der Waals surface area contributed by atoms with Gasteiger partial charge in [-0.2, -0.15) is 0 Å². The molecule has 2 aliphatic carbocycles.